The Hall–Kier alpha value is -3.68. The molecule has 0 unspecified atom stereocenters. The van der Waals surface area contributed by atoms with Gasteiger partial charge >= 0.3 is 11.9 Å². The summed E-state index contributed by atoms with van der Waals surface area (Å²) < 4.78 is 20.4. The molecule has 3 rings (SSSR count). The van der Waals surface area contributed by atoms with Crippen LogP contribution in [-0.2, 0) is 16.1 Å². The maximum absolute atomic E-state index is 12.3. The Morgan fingerprint density at radius 2 is 1.81 bits per heavy atom. The number of nitrogens with zero attached hydrogens (tertiary/aromatic N) is 2. The van der Waals surface area contributed by atoms with Crippen molar-refractivity contribution in [1.82, 2.24) is 10.1 Å². The molecule has 0 saturated carbocycles. The number of carbonyl (C=O) groups excluding carboxylic acids is 2. The molecule has 0 aliphatic carbocycles. The van der Waals surface area contributed by atoms with Gasteiger partial charge in [-0.2, -0.15) is 4.98 Å². The maximum Gasteiger partial charge on any atom is 0.342 e. The number of carbonyl (C=O) groups is 2. The predicted molar refractivity (Wildman–Crippen MR) is 93.2 cm³/mol. The summed E-state index contributed by atoms with van der Waals surface area (Å²) in [5.41, 5.74) is 0.861. The molecule has 0 N–H and O–H groups in total. The van der Waals surface area contributed by atoms with Crippen LogP contribution in [0.3, 0.4) is 0 Å². The van der Waals surface area contributed by atoms with Gasteiger partial charge in [-0.1, -0.05) is 17.3 Å². The van der Waals surface area contributed by atoms with Crippen molar-refractivity contribution in [3.8, 4) is 22.9 Å². The third-order valence-electron chi connectivity index (χ3n) is 3.50. The van der Waals surface area contributed by atoms with Crippen molar-refractivity contribution in [3.63, 3.8) is 0 Å². The van der Waals surface area contributed by atoms with Crippen molar-refractivity contribution < 1.29 is 28.3 Å². The van der Waals surface area contributed by atoms with E-state index in [4.69, 9.17) is 18.7 Å². The minimum absolute atomic E-state index is 0.124. The lowest BCUT2D eigenvalue weighted by Gasteiger charge is -2.07. The third kappa shape index (κ3) is 4.49. The first-order chi connectivity index (χ1) is 13.1. The molecule has 1 heterocycles. The Balaban J connectivity index is 1.66. The highest BCUT2D eigenvalue weighted by Crippen LogP contribution is 2.21. The molecule has 0 aliphatic rings. The minimum Gasteiger partial charge on any atom is -0.497 e. The number of benzene rings is 2. The molecule has 138 valence electrons. The van der Waals surface area contributed by atoms with Crippen LogP contribution < -0.4 is 9.47 Å². The molecule has 0 saturated heterocycles. The second-order valence-electron chi connectivity index (χ2n) is 5.41. The fourth-order valence-electron chi connectivity index (χ4n) is 2.25. The average molecular weight is 368 g/mol. The molecule has 27 heavy (non-hydrogen) atoms. The Labute approximate surface area is 154 Å². The van der Waals surface area contributed by atoms with E-state index in [-0.39, 0.29) is 23.8 Å². The number of aromatic nitrogens is 2. The zero-order valence-electron chi connectivity index (χ0n) is 14.7. The van der Waals surface area contributed by atoms with Crippen LogP contribution in [0.5, 0.6) is 11.5 Å². The number of ether oxygens (including phenoxy) is 3. The fraction of sp³-hybridized carbons (Fsp3) is 0.158. The molecule has 0 spiro atoms. The van der Waals surface area contributed by atoms with Crippen LogP contribution in [0, 0.1) is 0 Å². The number of hydrogen-bond donors (Lipinski definition) is 0. The van der Waals surface area contributed by atoms with Gasteiger partial charge in [0.2, 0.25) is 5.82 Å². The highest BCUT2D eigenvalue weighted by atomic mass is 16.6. The summed E-state index contributed by atoms with van der Waals surface area (Å²) in [7, 11) is 1.58. The van der Waals surface area contributed by atoms with E-state index in [0.29, 0.717) is 11.6 Å². The molecule has 3 aromatic rings. The summed E-state index contributed by atoms with van der Waals surface area (Å²) in [6.07, 6.45) is 0. The lowest BCUT2D eigenvalue weighted by Crippen LogP contribution is -2.10. The van der Waals surface area contributed by atoms with E-state index < -0.39 is 11.9 Å². The molecule has 8 heteroatoms. The molecule has 0 fully saturated rings. The van der Waals surface area contributed by atoms with Crippen molar-refractivity contribution in [3.05, 3.63) is 60.0 Å². The van der Waals surface area contributed by atoms with Crippen LogP contribution in [0.15, 0.2) is 53.1 Å². The molecule has 0 aliphatic heterocycles. The fourth-order valence-corrected chi connectivity index (χ4v) is 2.25. The van der Waals surface area contributed by atoms with Crippen molar-refractivity contribution in [2.24, 2.45) is 0 Å². The second kappa shape index (κ2) is 8.13. The molecule has 2 aromatic carbocycles. The van der Waals surface area contributed by atoms with Gasteiger partial charge < -0.3 is 18.7 Å². The zero-order chi connectivity index (χ0) is 19.2. The SMILES string of the molecule is COc1ccc(-c2noc(COC(=O)c3ccccc3OC(C)=O)n2)cc1. The van der Waals surface area contributed by atoms with Gasteiger partial charge in [-0.05, 0) is 36.4 Å². The van der Waals surface area contributed by atoms with Gasteiger partial charge in [0, 0.05) is 12.5 Å². The van der Waals surface area contributed by atoms with Gasteiger partial charge in [0.05, 0.1) is 7.11 Å². The predicted octanol–water partition coefficient (Wildman–Crippen LogP) is 3.03. The molecular weight excluding hydrogens is 352 g/mol. The first-order valence-electron chi connectivity index (χ1n) is 7.98. The number of esters is 2. The minimum atomic E-state index is -0.670. The Kier molecular flexibility index (Phi) is 5.46. The van der Waals surface area contributed by atoms with Gasteiger partial charge in [-0.3, -0.25) is 4.79 Å². The van der Waals surface area contributed by atoms with Crippen molar-refractivity contribution in [1.29, 1.82) is 0 Å². The molecule has 0 atom stereocenters. The molecular formula is C19H16N2O6. The zero-order valence-corrected chi connectivity index (χ0v) is 14.7. The van der Waals surface area contributed by atoms with E-state index >= 15 is 0 Å². The van der Waals surface area contributed by atoms with Crippen molar-refractivity contribution >= 4 is 11.9 Å². The lowest BCUT2D eigenvalue weighted by molar-refractivity contribution is -0.131. The topological polar surface area (TPSA) is 101 Å². The van der Waals surface area contributed by atoms with Gasteiger partial charge in [-0.15, -0.1) is 0 Å². The van der Waals surface area contributed by atoms with Crippen LogP contribution in [0.25, 0.3) is 11.4 Å². The molecule has 8 nitrogen and oxygen atoms in total. The van der Waals surface area contributed by atoms with E-state index in [0.717, 1.165) is 5.56 Å². The number of rotatable bonds is 6. The summed E-state index contributed by atoms with van der Waals surface area (Å²) in [5.74, 6) is 0.137. The Morgan fingerprint density at radius 3 is 2.52 bits per heavy atom. The summed E-state index contributed by atoms with van der Waals surface area (Å²) in [6.45, 7) is 1.04. The summed E-state index contributed by atoms with van der Waals surface area (Å²) in [6, 6.07) is 13.4. The van der Waals surface area contributed by atoms with Crippen molar-refractivity contribution in [2.45, 2.75) is 13.5 Å². The monoisotopic (exact) mass is 368 g/mol. The second-order valence-corrected chi connectivity index (χ2v) is 5.41. The van der Waals surface area contributed by atoms with Crippen LogP contribution in [0.2, 0.25) is 0 Å². The summed E-state index contributed by atoms with van der Waals surface area (Å²) in [5, 5.41) is 3.86. The quantitative estimate of drug-likeness (QED) is 0.483. The lowest BCUT2D eigenvalue weighted by atomic mass is 10.2. The number of methoxy groups -OCH3 is 1. The highest BCUT2D eigenvalue weighted by molar-refractivity contribution is 5.93. The van der Waals surface area contributed by atoms with Crippen LogP contribution >= 0.6 is 0 Å². The molecule has 1 aromatic heterocycles. The molecule has 0 radical (unpaired) electrons. The normalized spacial score (nSPS) is 10.3. The summed E-state index contributed by atoms with van der Waals surface area (Å²) in [4.78, 5) is 27.6. The Bertz CT molecular complexity index is 949. The number of para-hydroxylation sites is 1. The van der Waals surface area contributed by atoms with Gasteiger partial charge in [-0.25, -0.2) is 4.79 Å². The molecule has 0 amide bonds. The Morgan fingerprint density at radius 1 is 1.07 bits per heavy atom. The van der Waals surface area contributed by atoms with E-state index in [1.54, 1.807) is 43.5 Å². The first kappa shape index (κ1) is 18.1. The van der Waals surface area contributed by atoms with Gasteiger partial charge in [0.1, 0.15) is 17.1 Å². The van der Waals surface area contributed by atoms with Gasteiger partial charge in [0.25, 0.3) is 5.89 Å². The first-order valence-corrected chi connectivity index (χ1v) is 7.98. The number of hydrogen-bond acceptors (Lipinski definition) is 8. The maximum atomic E-state index is 12.3. The van der Waals surface area contributed by atoms with Crippen LogP contribution in [0.4, 0.5) is 0 Å². The smallest absolute Gasteiger partial charge is 0.342 e. The average Bonchev–Trinajstić information content (AvgIpc) is 3.15. The van der Waals surface area contributed by atoms with Crippen LogP contribution in [0.1, 0.15) is 23.2 Å². The van der Waals surface area contributed by atoms with Crippen LogP contribution in [-0.4, -0.2) is 29.2 Å². The van der Waals surface area contributed by atoms with E-state index in [1.165, 1.54) is 19.1 Å². The van der Waals surface area contributed by atoms with E-state index in [2.05, 4.69) is 10.1 Å². The standard InChI is InChI=1S/C19H16N2O6/c1-12(22)26-16-6-4-3-5-15(16)19(23)25-11-17-20-18(21-27-17)13-7-9-14(24-2)10-8-13/h3-10H,11H2,1-2H3. The third-order valence-corrected chi connectivity index (χ3v) is 3.50. The van der Waals surface area contributed by atoms with Gasteiger partial charge in [0.15, 0.2) is 6.61 Å². The summed E-state index contributed by atoms with van der Waals surface area (Å²) >= 11 is 0. The largest absolute Gasteiger partial charge is 0.497 e. The van der Waals surface area contributed by atoms with Crippen molar-refractivity contribution in [2.75, 3.05) is 7.11 Å². The molecule has 0 bridgehead atoms. The van der Waals surface area contributed by atoms with E-state index in [9.17, 15) is 9.59 Å². The highest BCUT2D eigenvalue weighted by Gasteiger charge is 2.17. The van der Waals surface area contributed by atoms with E-state index in [1.807, 2.05) is 0 Å².